The maximum atomic E-state index is 5.23. The molecule has 0 amide bonds. The van der Waals surface area contributed by atoms with Crippen molar-refractivity contribution in [1.82, 2.24) is 15.3 Å². The second kappa shape index (κ2) is 5.36. The number of hydrogen-bond donors (Lipinski definition) is 1. The van der Waals surface area contributed by atoms with Crippen LogP contribution >= 0.6 is 0 Å². The topological polar surface area (TPSA) is 37.8 Å². The number of nitrogens with zero attached hydrogens (tertiary/aromatic N) is 2. The number of aromatic nitrogens is 2. The van der Waals surface area contributed by atoms with Crippen LogP contribution in [0.15, 0.2) is 18.6 Å². The molecule has 2 unspecified atom stereocenters. The number of rotatable bonds is 4. The molecule has 2 atom stereocenters. The van der Waals surface area contributed by atoms with E-state index in [1.165, 1.54) is 0 Å². The first-order valence-electron chi connectivity index (χ1n) is 4.69. The SMILES string of the molecule is C#CCC(C)NC(C)c1cnccn1. The Morgan fingerprint density at radius 1 is 1.50 bits per heavy atom. The van der Waals surface area contributed by atoms with Gasteiger partial charge in [-0.05, 0) is 13.8 Å². The zero-order valence-electron chi connectivity index (χ0n) is 8.57. The van der Waals surface area contributed by atoms with Crippen LogP contribution in [0.4, 0.5) is 0 Å². The Morgan fingerprint density at radius 2 is 2.29 bits per heavy atom. The predicted molar refractivity (Wildman–Crippen MR) is 56.5 cm³/mol. The molecule has 1 aromatic rings. The Bertz CT molecular complexity index is 302. The molecule has 0 spiro atoms. The first-order valence-corrected chi connectivity index (χ1v) is 4.69. The number of nitrogens with one attached hydrogen (secondary N) is 1. The van der Waals surface area contributed by atoms with Gasteiger partial charge in [0, 0.05) is 37.1 Å². The molecule has 0 aliphatic heterocycles. The maximum Gasteiger partial charge on any atom is 0.0753 e. The Morgan fingerprint density at radius 3 is 2.86 bits per heavy atom. The Hall–Kier alpha value is -1.40. The van der Waals surface area contributed by atoms with Crippen molar-refractivity contribution in [3.63, 3.8) is 0 Å². The van der Waals surface area contributed by atoms with E-state index in [4.69, 9.17) is 6.42 Å². The van der Waals surface area contributed by atoms with E-state index in [-0.39, 0.29) is 6.04 Å². The molecule has 0 aliphatic rings. The zero-order valence-corrected chi connectivity index (χ0v) is 8.57. The van der Waals surface area contributed by atoms with Gasteiger partial charge < -0.3 is 5.32 Å². The first-order chi connectivity index (χ1) is 6.74. The normalized spacial score (nSPS) is 14.4. The van der Waals surface area contributed by atoms with E-state index >= 15 is 0 Å². The average molecular weight is 189 g/mol. The Labute approximate surface area is 85.0 Å². The molecule has 0 saturated carbocycles. The van der Waals surface area contributed by atoms with Crippen molar-refractivity contribution in [3.8, 4) is 12.3 Å². The largest absolute Gasteiger partial charge is 0.305 e. The van der Waals surface area contributed by atoms with Gasteiger partial charge in [0.25, 0.3) is 0 Å². The first kappa shape index (κ1) is 10.7. The average Bonchev–Trinajstić information content (AvgIpc) is 2.19. The van der Waals surface area contributed by atoms with Crippen molar-refractivity contribution in [2.75, 3.05) is 0 Å². The molecule has 14 heavy (non-hydrogen) atoms. The van der Waals surface area contributed by atoms with E-state index in [0.717, 1.165) is 12.1 Å². The molecule has 1 heterocycles. The lowest BCUT2D eigenvalue weighted by Crippen LogP contribution is -2.29. The Balaban J connectivity index is 2.51. The van der Waals surface area contributed by atoms with Crippen molar-refractivity contribution in [2.45, 2.75) is 32.4 Å². The lowest BCUT2D eigenvalue weighted by atomic mass is 10.2. The van der Waals surface area contributed by atoms with Crippen LogP contribution in [0.2, 0.25) is 0 Å². The molecule has 3 nitrogen and oxygen atoms in total. The summed E-state index contributed by atoms with van der Waals surface area (Å²) in [4.78, 5) is 8.23. The molecule has 3 heteroatoms. The van der Waals surface area contributed by atoms with Crippen molar-refractivity contribution < 1.29 is 0 Å². The van der Waals surface area contributed by atoms with E-state index in [9.17, 15) is 0 Å². The quantitative estimate of drug-likeness (QED) is 0.730. The van der Waals surface area contributed by atoms with Crippen LogP contribution in [-0.2, 0) is 0 Å². The highest BCUT2D eigenvalue weighted by molar-refractivity contribution is 5.01. The highest BCUT2D eigenvalue weighted by atomic mass is 15.0. The standard InChI is InChI=1S/C11H15N3/c1-4-5-9(2)14-10(3)11-8-12-6-7-13-11/h1,6-10,14H,5H2,2-3H3. The summed E-state index contributed by atoms with van der Waals surface area (Å²) >= 11 is 0. The molecule has 0 saturated heterocycles. The van der Waals surface area contributed by atoms with Gasteiger partial charge in [-0.25, -0.2) is 0 Å². The second-order valence-electron chi connectivity index (χ2n) is 3.33. The minimum Gasteiger partial charge on any atom is -0.305 e. The minimum absolute atomic E-state index is 0.187. The molecule has 1 aromatic heterocycles. The van der Waals surface area contributed by atoms with E-state index in [1.54, 1.807) is 18.6 Å². The van der Waals surface area contributed by atoms with Gasteiger partial charge in [0.2, 0.25) is 0 Å². The molecule has 0 aromatic carbocycles. The van der Waals surface area contributed by atoms with Crippen molar-refractivity contribution in [3.05, 3.63) is 24.3 Å². The third kappa shape index (κ3) is 3.15. The van der Waals surface area contributed by atoms with Gasteiger partial charge in [-0.2, -0.15) is 0 Å². The van der Waals surface area contributed by atoms with Gasteiger partial charge in [0.15, 0.2) is 0 Å². The Kier molecular flexibility index (Phi) is 4.09. The predicted octanol–water partition coefficient (Wildman–Crippen LogP) is 1.54. The summed E-state index contributed by atoms with van der Waals surface area (Å²) in [6.45, 7) is 4.11. The van der Waals surface area contributed by atoms with Gasteiger partial charge in [0.05, 0.1) is 5.69 Å². The molecule has 0 fully saturated rings. The lowest BCUT2D eigenvalue weighted by Gasteiger charge is -2.17. The fourth-order valence-electron chi connectivity index (χ4n) is 1.28. The molecule has 0 aliphatic carbocycles. The number of hydrogen-bond acceptors (Lipinski definition) is 3. The van der Waals surface area contributed by atoms with Gasteiger partial charge in [0.1, 0.15) is 0 Å². The van der Waals surface area contributed by atoms with Crippen LogP contribution in [0.3, 0.4) is 0 Å². The minimum atomic E-state index is 0.187. The van der Waals surface area contributed by atoms with Crippen LogP contribution in [0, 0.1) is 12.3 Å². The summed E-state index contributed by atoms with van der Waals surface area (Å²) in [7, 11) is 0. The van der Waals surface area contributed by atoms with Crippen LogP contribution in [0.1, 0.15) is 32.0 Å². The smallest absolute Gasteiger partial charge is 0.0753 e. The highest BCUT2D eigenvalue weighted by Gasteiger charge is 2.09. The van der Waals surface area contributed by atoms with E-state index in [2.05, 4.69) is 35.1 Å². The fraction of sp³-hybridized carbons (Fsp3) is 0.455. The highest BCUT2D eigenvalue weighted by Crippen LogP contribution is 2.08. The van der Waals surface area contributed by atoms with Crippen LogP contribution < -0.4 is 5.32 Å². The lowest BCUT2D eigenvalue weighted by molar-refractivity contribution is 0.477. The van der Waals surface area contributed by atoms with Gasteiger partial charge in [-0.3, -0.25) is 9.97 Å². The van der Waals surface area contributed by atoms with Crippen LogP contribution in [-0.4, -0.2) is 16.0 Å². The van der Waals surface area contributed by atoms with Crippen LogP contribution in [0.25, 0.3) is 0 Å². The summed E-state index contributed by atoms with van der Waals surface area (Å²) in [5.74, 6) is 2.63. The molecule has 1 rings (SSSR count). The molecule has 0 bridgehead atoms. The third-order valence-electron chi connectivity index (χ3n) is 1.99. The fourth-order valence-corrected chi connectivity index (χ4v) is 1.28. The van der Waals surface area contributed by atoms with E-state index in [1.807, 2.05) is 0 Å². The van der Waals surface area contributed by atoms with Crippen LogP contribution in [0.5, 0.6) is 0 Å². The summed E-state index contributed by atoms with van der Waals surface area (Å²) in [6.07, 6.45) is 11.1. The molecular weight excluding hydrogens is 174 g/mol. The number of terminal acetylenes is 1. The molecule has 1 N–H and O–H groups in total. The maximum absolute atomic E-state index is 5.23. The summed E-state index contributed by atoms with van der Waals surface area (Å²) in [6, 6.07) is 0.490. The van der Waals surface area contributed by atoms with Gasteiger partial charge in [-0.15, -0.1) is 12.3 Å². The third-order valence-corrected chi connectivity index (χ3v) is 1.99. The second-order valence-corrected chi connectivity index (χ2v) is 3.33. The van der Waals surface area contributed by atoms with Crippen molar-refractivity contribution in [2.24, 2.45) is 0 Å². The van der Waals surface area contributed by atoms with Gasteiger partial charge >= 0.3 is 0 Å². The molecule has 0 radical (unpaired) electrons. The monoisotopic (exact) mass is 189 g/mol. The van der Waals surface area contributed by atoms with Crippen molar-refractivity contribution in [1.29, 1.82) is 0 Å². The van der Waals surface area contributed by atoms with E-state index < -0.39 is 0 Å². The summed E-state index contributed by atoms with van der Waals surface area (Å²) in [5, 5.41) is 3.35. The molecule has 74 valence electrons. The summed E-state index contributed by atoms with van der Waals surface area (Å²) < 4.78 is 0. The molecular formula is C11H15N3. The van der Waals surface area contributed by atoms with Gasteiger partial charge in [-0.1, -0.05) is 0 Å². The summed E-state index contributed by atoms with van der Waals surface area (Å²) in [5.41, 5.74) is 0.941. The zero-order chi connectivity index (χ0) is 10.4. The van der Waals surface area contributed by atoms with Crippen molar-refractivity contribution >= 4 is 0 Å². The van der Waals surface area contributed by atoms with E-state index in [0.29, 0.717) is 6.04 Å².